The number of nitrogens with zero attached hydrogens (tertiary/aromatic N) is 1. The number of carbonyl (C=O) groups is 2. The molecule has 2 amide bonds. The van der Waals surface area contributed by atoms with Crippen LogP contribution in [0.1, 0.15) is 21.5 Å². The number of amides is 2. The summed E-state index contributed by atoms with van der Waals surface area (Å²) in [6.45, 7) is 0.350. The van der Waals surface area contributed by atoms with Gasteiger partial charge in [0.15, 0.2) is 0 Å². The zero-order valence-electron chi connectivity index (χ0n) is 15.6. The molecule has 0 atom stereocenters. The van der Waals surface area contributed by atoms with Crippen molar-refractivity contribution in [3.05, 3.63) is 95.6 Å². The first-order valence-corrected chi connectivity index (χ1v) is 10.2. The molecule has 7 heteroatoms. The average molecular weight is 409 g/mol. The molecule has 0 bridgehead atoms. The summed E-state index contributed by atoms with van der Waals surface area (Å²) >= 11 is 1.42. The fourth-order valence-electron chi connectivity index (χ4n) is 2.60. The summed E-state index contributed by atoms with van der Waals surface area (Å²) in [4.78, 5) is 28.8. The first kappa shape index (κ1) is 20.5. The maximum atomic E-state index is 12.9. The Kier molecular flexibility index (Phi) is 7.35. The van der Waals surface area contributed by atoms with Gasteiger partial charge in [-0.3, -0.25) is 14.6 Å². The quantitative estimate of drug-likeness (QED) is 0.589. The van der Waals surface area contributed by atoms with Crippen LogP contribution in [0.3, 0.4) is 0 Å². The second-order valence-electron chi connectivity index (χ2n) is 6.26. The van der Waals surface area contributed by atoms with Crippen LogP contribution < -0.4 is 10.6 Å². The molecule has 148 valence electrons. The van der Waals surface area contributed by atoms with Crippen LogP contribution in [0.15, 0.2) is 73.1 Å². The molecule has 3 aromatic rings. The monoisotopic (exact) mass is 409 g/mol. The largest absolute Gasteiger partial charge is 0.348 e. The van der Waals surface area contributed by atoms with Crippen LogP contribution in [-0.4, -0.2) is 22.6 Å². The van der Waals surface area contributed by atoms with E-state index in [4.69, 9.17) is 0 Å². The Hall–Kier alpha value is -3.19. The maximum absolute atomic E-state index is 12.9. The van der Waals surface area contributed by atoms with Gasteiger partial charge in [0.1, 0.15) is 5.82 Å². The molecule has 2 N–H and O–H groups in total. The lowest BCUT2D eigenvalue weighted by Gasteiger charge is -2.11. The van der Waals surface area contributed by atoms with Crippen molar-refractivity contribution in [1.82, 2.24) is 10.3 Å². The van der Waals surface area contributed by atoms with Crippen molar-refractivity contribution in [1.29, 1.82) is 0 Å². The van der Waals surface area contributed by atoms with Crippen molar-refractivity contribution >= 4 is 29.3 Å². The lowest BCUT2D eigenvalue weighted by molar-refractivity contribution is -0.113. The minimum Gasteiger partial charge on any atom is -0.348 e. The number of benzene rings is 2. The molecule has 1 aromatic heterocycles. The SMILES string of the molecule is O=C(CSCc1ccc(F)cc1)Nc1ccccc1C(=O)NCc1cccnc1. The summed E-state index contributed by atoms with van der Waals surface area (Å²) in [5, 5.41) is 5.62. The summed E-state index contributed by atoms with van der Waals surface area (Å²) in [6, 6.07) is 16.7. The van der Waals surface area contributed by atoms with E-state index in [0.29, 0.717) is 23.5 Å². The summed E-state index contributed by atoms with van der Waals surface area (Å²) in [5.41, 5.74) is 2.69. The molecular formula is C22H20FN3O2S. The van der Waals surface area contributed by atoms with Gasteiger partial charge in [0.05, 0.1) is 17.0 Å². The van der Waals surface area contributed by atoms with Gasteiger partial charge in [-0.2, -0.15) is 0 Å². The summed E-state index contributed by atoms with van der Waals surface area (Å²) < 4.78 is 12.9. The number of rotatable bonds is 8. The highest BCUT2D eigenvalue weighted by atomic mass is 32.2. The second-order valence-corrected chi connectivity index (χ2v) is 7.24. The van der Waals surface area contributed by atoms with Gasteiger partial charge in [-0.05, 0) is 41.5 Å². The number of aromatic nitrogens is 1. The molecule has 0 aliphatic heterocycles. The number of pyridine rings is 1. The smallest absolute Gasteiger partial charge is 0.253 e. The van der Waals surface area contributed by atoms with Gasteiger partial charge in [0.25, 0.3) is 5.91 Å². The molecule has 0 radical (unpaired) electrons. The molecule has 2 aromatic carbocycles. The van der Waals surface area contributed by atoms with Crippen LogP contribution in [0.25, 0.3) is 0 Å². The Bertz CT molecular complexity index is 965. The highest BCUT2D eigenvalue weighted by molar-refractivity contribution is 7.99. The Labute approximate surface area is 172 Å². The molecule has 0 unspecified atom stereocenters. The van der Waals surface area contributed by atoms with Crippen LogP contribution in [0.4, 0.5) is 10.1 Å². The standard InChI is InChI=1S/C22H20FN3O2S/c23-18-9-7-16(8-10-18)14-29-15-21(27)26-20-6-2-1-5-19(20)22(28)25-13-17-4-3-11-24-12-17/h1-12H,13-15H2,(H,25,28)(H,26,27). The van der Waals surface area contributed by atoms with Crippen LogP contribution in [0, 0.1) is 5.82 Å². The van der Waals surface area contributed by atoms with Crippen LogP contribution in [-0.2, 0) is 17.1 Å². The van der Waals surface area contributed by atoms with Gasteiger partial charge in [-0.25, -0.2) is 4.39 Å². The molecule has 0 aliphatic rings. The van der Waals surface area contributed by atoms with E-state index in [9.17, 15) is 14.0 Å². The van der Waals surface area contributed by atoms with Crippen LogP contribution in [0.5, 0.6) is 0 Å². The van der Waals surface area contributed by atoms with E-state index < -0.39 is 0 Å². The van der Waals surface area contributed by atoms with E-state index in [0.717, 1.165) is 11.1 Å². The van der Waals surface area contributed by atoms with E-state index >= 15 is 0 Å². The summed E-state index contributed by atoms with van der Waals surface area (Å²) in [7, 11) is 0. The summed E-state index contributed by atoms with van der Waals surface area (Å²) in [6.07, 6.45) is 3.36. The maximum Gasteiger partial charge on any atom is 0.253 e. The first-order chi connectivity index (χ1) is 14.1. The van der Waals surface area contributed by atoms with Gasteiger partial charge in [-0.1, -0.05) is 30.3 Å². The van der Waals surface area contributed by atoms with E-state index in [-0.39, 0.29) is 23.4 Å². The van der Waals surface area contributed by atoms with E-state index in [2.05, 4.69) is 15.6 Å². The fourth-order valence-corrected chi connectivity index (χ4v) is 3.39. The van der Waals surface area contributed by atoms with Gasteiger partial charge < -0.3 is 10.6 Å². The Morgan fingerprint density at radius 3 is 2.52 bits per heavy atom. The molecule has 29 heavy (non-hydrogen) atoms. The number of para-hydroxylation sites is 1. The number of carbonyl (C=O) groups excluding carboxylic acids is 2. The minimum absolute atomic E-state index is 0.204. The van der Waals surface area contributed by atoms with Crippen molar-refractivity contribution in [2.75, 3.05) is 11.1 Å². The molecule has 0 fully saturated rings. The second kappa shape index (κ2) is 10.4. The number of hydrogen-bond acceptors (Lipinski definition) is 4. The number of thioether (sulfide) groups is 1. The lowest BCUT2D eigenvalue weighted by Crippen LogP contribution is -2.25. The zero-order valence-corrected chi connectivity index (χ0v) is 16.4. The highest BCUT2D eigenvalue weighted by Crippen LogP contribution is 2.17. The van der Waals surface area contributed by atoms with Crippen molar-refractivity contribution in [3.8, 4) is 0 Å². The Morgan fingerprint density at radius 1 is 0.966 bits per heavy atom. The van der Waals surface area contributed by atoms with Crippen LogP contribution >= 0.6 is 11.8 Å². The van der Waals surface area contributed by atoms with Crippen molar-refractivity contribution in [2.45, 2.75) is 12.3 Å². The summed E-state index contributed by atoms with van der Waals surface area (Å²) in [5.74, 6) is 0.0625. The zero-order chi connectivity index (χ0) is 20.5. The number of halogens is 1. The first-order valence-electron chi connectivity index (χ1n) is 9.00. The van der Waals surface area contributed by atoms with E-state index in [1.807, 2.05) is 6.07 Å². The minimum atomic E-state index is -0.282. The van der Waals surface area contributed by atoms with E-state index in [1.165, 1.54) is 23.9 Å². The third-order valence-corrected chi connectivity index (χ3v) is 5.04. The molecule has 3 rings (SSSR count). The van der Waals surface area contributed by atoms with Crippen molar-refractivity contribution < 1.29 is 14.0 Å². The van der Waals surface area contributed by atoms with Gasteiger partial charge >= 0.3 is 0 Å². The third kappa shape index (κ3) is 6.43. The molecule has 5 nitrogen and oxygen atoms in total. The number of anilines is 1. The number of nitrogens with one attached hydrogen (secondary N) is 2. The molecule has 0 saturated carbocycles. The third-order valence-electron chi connectivity index (χ3n) is 4.04. The van der Waals surface area contributed by atoms with E-state index in [1.54, 1.807) is 54.9 Å². The Morgan fingerprint density at radius 2 is 1.76 bits per heavy atom. The fraction of sp³-hybridized carbons (Fsp3) is 0.136. The van der Waals surface area contributed by atoms with Crippen molar-refractivity contribution in [3.63, 3.8) is 0 Å². The number of hydrogen-bond donors (Lipinski definition) is 2. The van der Waals surface area contributed by atoms with Gasteiger partial charge in [0.2, 0.25) is 5.91 Å². The van der Waals surface area contributed by atoms with Crippen molar-refractivity contribution in [2.24, 2.45) is 0 Å². The average Bonchev–Trinajstić information content (AvgIpc) is 2.74. The lowest BCUT2D eigenvalue weighted by atomic mass is 10.1. The molecule has 0 spiro atoms. The normalized spacial score (nSPS) is 10.4. The Balaban J connectivity index is 1.53. The molecule has 0 aliphatic carbocycles. The predicted molar refractivity (Wildman–Crippen MR) is 113 cm³/mol. The van der Waals surface area contributed by atoms with Gasteiger partial charge in [0, 0.05) is 24.7 Å². The highest BCUT2D eigenvalue weighted by Gasteiger charge is 2.13. The topological polar surface area (TPSA) is 71.1 Å². The molecule has 0 saturated heterocycles. The molecular weight excluding hydrogens is 389 g/mol. The molecule has 1 heterocycles. The predicted octanol–water partition coefficient (Wildman–Crippen LogP) is 4.02. The van der Waals surface area contributed by atoms with Crippen LogP contribution in [0.2, 0.25) is 0 Å². The van der Waals surface area contributed by atoms with Gasteiger partial charge in [-0.15, -0.1) is 11.8 Å².